The average molecular weight is 275 g/mol. The number of nitrogen functional groups attached to an aromatic ring is 1. The first-order valence-corrected chi connectivity index (χ1v) is 6.78. The van der Waals surface area contributed by atoms with E-state index in [4.69, 9.17) is 10.5 Å². The third kappa shape index (κ3) is 4.15. The van der Waals surface area contributed by atoms with E-state index >= 15 is 0 Å². The van der Waals surface area contributed by atoms with E-state index in [9.17, 15) is 0 Å². The van der Waals surface area contributed by atoms with Gasteiger partial charge in [-0.1, -0.05) is 0 Å². The van der Waals surface area contributed by atoms with Crippen LogP contribution in [0.5, 0.6) is 5.88 Å². The molecule has 0 saturated heterocycles. The summed E-state index contributed by atoms with van der Waals surface area (Å²) in [6.45, 7) is 5.66. The third-order valence-electron chi connectivity index (χ3n) is 2.70. The Morgan fingerprint density at radius 2 is 2.25 bits per heavy atom. The quantitative estimate of drug-likeness (QED) is 0.757. The van der Waals surface area contributed by atoms with Gasteiger partial charge in [-0.3, -0.25) is 0 Å². The molecule has 0 bridgehead atoms. The molecule has 0 aliphatic carbocycles. The van der Waals surface area contributed by atoms with Crippen LogP contribution in [0.15, 0.2) is 30.9 Å². The number of hydrogen-bond acceptors (Lipinski definition) is 5. The molecule has 0 aliphatic heterocycles. The summed E-state index contributed by atoms with van der Waals surface area (Å²) in [4.78, 5) is 8.38. The number of anilines is 2. The summed E-state index contributed by atoms with van der Waals surface area (Å²) in [5.41, 5.74) is 6.39. The second kappa shape index (κ2) is 6.79. The first kappa shape index (κ1) is 14.2. The van der Waals surface area contributed by atoms with Gasteiger partial charge in [-0.05, 0) is 32.4 Å². The summed E-state index contributed by atoms with van der Waals surface area (Å²) in [6, 6.07) is 3.67. The fourth-order valence-corrected chi connectivity index (χ4v) is 1.76. The lowest BCUT2D eigenvalue weighted by atomic mass is 10.3. The average Bonchev–Trinajstić information content (AvgIpc) is 2.91. The van der Waals surface area contributed by atoms with Crippen molar-refractivity contribution in [3.05, 3.63) is 30.9 Å². The molecule has 2 rings (SSSR count). The molecular formula is C14H21N5O. The van der Waals surface area contributed by atoms with E-state index in [2.05, 4.69) is 15.3 Å². The summed E-state index contributed by atoms with van der Waals surface area (Å²) in [5, 5.41) is 3.27. The number of imidazole rings is 1. The SMILES string of the molecule is CC(C)Oc1nc(NCCCn2ccnc2)ccc1N. The van der Waals surface area contributed by atoms with E-state index < -0.39 is 0 Å². The van der Waals surface area contributed by atoms with Crippen LogP contribution in [0.4, 0.5) is 11.5 Å². The maximum atomic E-state index is 5.83. The van der Waals surface area contributed by atoms with Crippen molar-refractivity contribution < 1.29 is 4.74 Å². The molecule has 108 valence electrons. The number of rotatable bonds is 7. The number of pyridine rings is 1. The Morgan fingerprint density at radius 3 is 2.95 bits per heavy atom. The van der Waals surface area contributed by atoms with Crippen LogP contribution in [0.1, 0.15) is 20.3 Å². The highest BCUT2D eigenvalue weighted by molar-refractivity contribution is 5.53. The summed E-state index contributed by atoms with van der Waals surface area (Å²) in [5.74, 6) is 1.26. The largest absolute Gasteiger partial charge is 0.473 e. The van der Waals surface area contributed by atoms with Crippen molar-refractivity contribution in [3.63, 3.8) is 0 Å². The minimum Gasteiger partial charge on any atom is -0.473 e. The van der Waals surface area contributed by atoms with Crippen LogP contribution in [-0.4, -0.2) is 27.2 Å². The van der Waals surface area contributed by atoms with Crippen molar-refractivity contribution in [2.24, 2.45) is 0 Å². The van der Waals surface area contributed by atoms with E-state index in [0.717, 1.165) is 25.3 Å². The molecule has 0 atom stereocenters. The van der Waals surface area contributed by atoms with Gasteiger partial charge in [0.05, 0.1) is 18.1 Å². The summed E-state index contributed by atoms with van der Waals surface area (Å²) in [7, 11) is 0. The molecule has 2 heterocycles. The Hall–Kier alpha value is -2.24. The number of aryl methyl sites for hydroxylation is 1. The van der Waals surface area contributed by atoms with Crippen molar-refractivity contribution >= 4 is 11.5 Å². The molecule has 2 aromatic heterocycles. The van der Waals surface area contributed by atoms with Crippen LogP contribution < -0.4 is 15.8 Å². The van der Waals surface area contributed by atoms with E-state index in [-0.39, 0.29) is 6.10 Å². The summed E-state index contributed by atoms with van der Waals surface area (Å²) >= 11 is 0. The van der Waals surface area contributed by atoms with Crippen LogP contribution in [0, 0.1) is 0 Å². The zero-order valence-corrected chi connectivity index (χ0v) is 11.9. The lowest BCUT2D eigenvalue weighted by molar-refractivity contribution is 0.234. The molecule has 0 aromatic carbocycles. The summed E-state index contributed by atoms with van der Waals surface area (Å²) < 4.78 is 7.61. The van der Waals surface area contributed by atoms with Crippen LogP contribution in [0.3, 0.4) is 0 Å². The van der Waals surface area contributed by atoms with E-state index in [1.165, 1.54) is 0 Å². The van der Waals surface area contributed by atoms with Gasteiger partial charge in [0.15, 0.2) is 0 Å². The molecule has 0 unspecified atom stereocenters. The highest BCUT2D eigenvalue weighted by atomic mass is 16.5. The van der Waals surface area contributed by atoms with Gasteiger partial charge >= 0.3 is 0 Å². The molecule has 3 N–H and O–H groups in total. The Morgan fingerprint density at radius 1 is 1.40 bits per heavy atom. The topological polar surface area (TPSA) is 78.0 Å². The number of nitrogens with zero attached hydrogens (tertiary/aromatic N) is 3. The van der Waals surface area contributed by atoms with Gasteiger partial charge in [0.25, 0.3) is 0 Å². The van der Waals surface area contributed by atoms with Crippen molar-refractivity contribution in [1.82, 2.24) is 14.5 Å². The first-order valence-electron chi connectivity index (χ1n) is 6.78. The van der Waals surface area contributed by atoms with Crippen molar-refractivity contribution in [3.8, 4) is 5.88 Å². The van der Waals surface area contributed by atoms with Crippen molar-refractivity contribution in [1.29, 1.82) is 0 Å². The predicted octanol–water partition coefficient (Wildman–Crippen LogP) is 2.15. The molecule has 2 aromatic rings. The molecule has 0 fully saturated rings. The molecule has 0 radical (unpaired) electrons. The van der Waals surface area contributed by atoms with E-state index in [0.29, 0.717) is 11.6 Å². The van der Waals surface area contributed by atoms with Gasteiger partial charge in [0.1, 0.15) is 5.82 Å². The lowest BCUT2D eigenvalue weighted by Crippen LogP contribution is -2.11. The highest BCUT2D eigenvalue weighted by Gasteiger charge is 2.06. The molecular weight excluding hydrogens is 254 g/mol. The van der Waals surface area contributed by atoms with Crippen LogP contribution in [-0.2, 0) is 6.54 Å². The minimum absolute atomic E-state index is 0.0568. The second-order valence-corrected chi connectivity index (χ2v) is 4.84. The standard InChI is InChI=1S/C14H21N5O/c1-11(2)20-14-12(15)4-5-13(18-14)17-6-3-8-19-9-7-16-10-19/h4-5,7,9-11H,3,6,8,15H2,1-2H3,(H,17,18). The smallest absolute Gasteiger partial charge is 0.239 e. The number of hydrogen-bond donors (Lipinski definition) is 2. The Kier molecular flexibility index (Phi) is 4.81. The monoisotopic (exact) mass is 275 g/mol. The lowest BCUT2D eigenvalue weighted by Gasteiger charge is -2.13. The number of aromatic nitrogens is 3. The van der Waals surface area contributed by atoms with E-state index in [1.807, 2.05) is 43.1 Å². The first-order chi connectivity index (χ1) is 9.65. The van der Waals surface area contributed by atoms with Crippen LogP contribution in [0.2, 0.25) is 0 Å². The molecule has 0 aliphatic rings. The predicted molar refractivity (Wildman–Crippen MR) is 79.7 cm³/mol. The molecule has 0 amide bonds. The van der Waals surface area contributed by atoms with Gasteiger partial charge in [-0.15, -0.1) is 0 Å². The normalized spacial score (nSPS) is 10.8. The Bertz CT molecular complexity index is 524. The molecule has 0 saturated carbocycles. The van der Waals surface area contributed by atoms with Crippen molar-refractivity contribution in [2.45, 2.75) is 32.9 Å². The number of nitrogens with two attached hydrogens (primary N) is 1. The van der Waals surface area contributed by atoms with Gasteiger partial charge < -0.3 is 20.4 Å². The van der Waals surface area contributed by atoms with Gasteiger partial charge in [0.2, 0.25) is 5.88 Å². The third-order valence-corrected chi connectivity index (χ3v) is 2.70. The van der Waals surface area contributed by atoms with Crippen molar-refractivity contribution in [2.75, 3.05) is 17.6 Å². The Balaban J connectivity index is 1.83. The van der Waals surface area contributed by atoms with Crippen LogP contribution in [0.25, 0.3) is 0 Å². The van der Waals surface area contributed by atoms with Gasteiger partial charge in [-0.2, -0.15) is 4.98 Å². The molecule has 6 heteroatoms. The maximum absolute atomic E-state index is 5.83. The highest BCUT2D eigenvalue weighted by Crippen LogP contribution is 2.21. The zero-order chi connectivity index (χ0) is 14.4. The van der Waals surface area contributed by atoms with Gasteiger partial charge in [0, 0.05) is 25.5 Å². The summed E-state index contributed by atoms with van der Waals surface area (Å²) in [6.07, 6.45) is 6.60. The second-order valence-electron chi connectivity index (χ2n) is 4.84. The van der Waals surface area contributed by atoms with E-state index in [1.54, 1.807) is 6.20 Å². The number of nitrogens with one attached hydrogen (secondary N) is 1. The Labute approximate surface area is 119 Å². The molecule has 20 heavy (non-hydrogen) atoms. The maximum Gasteiger partial charge on any atom is 0.239 e. The van der Waals surface area contributed by atoms with Crippen LogP contribution >= 0.6 is 0 Å². The van der Waals surface area contributed by atoms with Gasteiger partial charge in [-0.25, -0.2) is 4.98 Å². The molecule has 0 spiro atoms. The zero-order valence-electron chi connectivity index (χ0n) is 11.9. The minimum atomic E-state index is 0.0568. The molecule has 6 nitrogen and oxygen atoms in total. The fraction of sp³-hybridized carbons (Fsp3) is 0.429. The fourth-order valence-electron chi connectivity index (χ4n) is 1.76. The number of ether oxygens (including phenoxy) is 1.